The standard InChI is InChI=1S/C14H18N2O3/c1-10-8-11(3-5-13(15)17)2-4-12(10)16-6-7-19-9-14(16)18/h2,4,8H,3,5-7,9H2,1H3,(H2,15,17). The molecule has 0 unspecified atom stereocenters. The minimum absolute atomic E-state index is 0.0146. The molecule has 1 aromatic carbocycles. The Kier molecular flexibility index (Phi) is 4.16. The number of anilines is 1. The van der Waals surface area contributed by atoms with E-state index < -0.39 is 0 Å². The summed E-state index contributed by atoms with van der Waals surface area (Å²) in [5, 5.41) is 0. The highest BCUT2D eigenvalue weighted by Crippen LogP contribution is 2.23. The molecule has 1 heterocycles. The van der Waals surface area contributed by atoms with Crippen LogP contribution in [0.5, 0.6) is 0 Å². The van der Waals surface area contributed by atoms with Crippen molar-refractivity contribution in [1.82, 2.24) is 0 Å². The van der Waals surface area contributed by atoms with E-state index in [1.165, 1.54) is 0 Å². The van der Waals surface area contributed by atoms with Gasteiger partial charge >= 0.3 is 0 Å². The zero-order valence-corrected chi connectivity index (χ0v) is 11.0. The topological polar surface area (TPSA) is 72.6 Å². The van der Waals surface area contributed by atoms with Crippen LogP contribution in [0.25, 0.3) is 0 Å². The van der Waals surface area contributed by atoms with Gasteiger partial charge in [-0.1, -0.05) is 12.1 Å². The van der Waals surface area contributed by atoms with Crippen molar-refractivity contribution in [2.75, 3.05) is 24.7 Å². The lowest BCUT2D eigenvalue weighted by atomic mass is 10.0. The van der Waals surface area contributed by atoms with Crippen molar-refractivity contribution in [3.05, 3.63) is 29.3 Å². The van der Waals surface area contributed by atoms with Crippen LogP contribution in [0, 0.1) is 6.92 Å². The van der Waals surface area contributed by atoms with E-state index in [1.807, 2.05) is 25.1 Å². The van der Waals surface area contributed by atoms with Crippen LogP contribution in [0.15, 0.2) is 18.2 Å². The van der Waals surface area contributed by atoms with Crippen LogP contribution in [0.1, 0.15) is 17.5 Å². The van der Waals surface area contributed by atoms with Crippen LogP contribution in [0.3, 0.4) is 0 Å². The van der Waals surface area contributed by atoms with Crippen molar-refractivity contribution in [3.63, 3.8) is 0 Å². The molecular weight excluding hydrogens is 244 g/mol. The molecule has 1 aliphatic rings. The maximum absolute atomic E-state index is 11.8. The quantitative estimate of drug-likeness (QED) is 0.871. The number of carbonyl (C=O) groups excluding carboxylic acids is 2. The molecule has 0 aromatic heterocycles. The fourth-order valence-corrected chi connectivity index (χ4v) is 2.22. The largest absolute Gasteiger partial charge is 0.370 e. The third-order valence-electron chi connectivity index (χ3n) is 3.20. The molecule has 5 heteroatoms. The van der Waals surface area contributed by atoms with Crippen molar-refractivity contribution in [1.29, 1.82) is 0 Å². The number of ether oxygens (including phenoxy) is 1. The number of nitrogens with zero attached hydrogens (tertiary/aromatic N) is 1. The van der Waals surface area contributed by atoms with Crippen molar-refractivity contribution in [3.8, 4) is 0 Å². The van der Waals surface area contributed by atoms with E-state index in [-0.39, 0.29) is 18.4 Å². The van der Waals surface area contributed by atoms with Crippen LogP contribution in [-0.4, -0.2) is 31.6 Å². The van der Waals surface area contributed by atoms with Crippen molar-refractivity contribution in [2.24, 2.45) is 5.73 Å². The predicted octanol–water partition coefficient (Wildman–Crippen LogP) is 0.776. The maximum atomic E-state index is 11.8. The molecule has 0 aliphatic carbocycles. The van der Waals surface area contributed by atoms with Gasteiger partial charge in [0.05, 0.1) is 6.61 Å². The van der Waals surface area contributed by atoms with E-state index in [0.29, 0.717) is 26.0 Å². The lowest BCUT2D eigenvalue weighted by Crippen LogP contribution is -2.42. The molecular formula is C14H18N2O3. The Morgan fingerprint density at radius 3 is 2.89 bits per heavy atom. The third-order valence-corrected chi connectivity index (χ3v) is 3.20. The van der Waals surface area contributed by atoms with E-state index in [9.17, 15) is 9.59 Å². The molecule has 102 valence electrons. The van der Waals surface area contributed by atoms with Gasteiger partial charge < -0.3 is 15.4 Å². The fourth-order valence-electron chi connectivity index (χ4n) is 2.22. The summed E-state index contributed by atoms with van der Waals surface area (Å²) in [4.78, 5) is 24.3. The number of hydrogen-bond donors (Lipinski definition) is 1. The summed E-state index contributed by atoms with van der Waals surface area (Å²) in [5.41, 5.74) is 8.13. The van der Waals surface area contributed by atoms with Crippen molar-refractivity contribution >= 4 is 17.5 Å². The van der Waals surface area contributed by atoms with Crippen LogP contribution >= 0.6 is 0 Å². The van der Waals surface area contributed by atoms with Crippen molar-refractivity contribution in [2.45, 2.75) is 19.8 Å². The number of rotatable bonds is 4. The molecule has 0 bridgehead atoms. The van der Waals surface area contributed by atoms with Gasteiger partial charge in [-0.05, 0) is 30.5 Å². The molecule has 0 radical (unpaired) electrons. The van der Waals surface area contributed by atoms with E-state index in [1.54, 1.807) is 4.90 Å². The molecule has 2 amide bonds. The van der Waals surface area contributed by atoms with E-state index in [2.05, 4.69) is 0 Å². The summed E-state index contributed by atoms with van der Waals surface area (Å²) in [5.74, 6) is -0.315. The van der Waals surface area contributed by atoms with Gasteiger partial charge in [-0.3, -0.25) is 9.59 Å². The highest BCUT2D eigenvalue weighted by molar-refractivity contribution is 5.95. The molecule has 1 fully saturated rings. The first-order valence-electron chi connectivity index (χ1n) is 6.34. The number of carbonyl (C=O) groups is 2. The molecule has 0 atom stereocenters. The molecule has 0 spiro atoms. The summed E-state index contributed by atoms with van der Waals surface area (Å²) < 4.78 is 5.12. The van der Waals surface area contributed by atoms with Crippen molar-refractivity contribution < 1.29 is 14.3 Å². The molecule has 5 nitrogen and oxygen atoms in total. The van der Waals surface area contributed by atoms with E-state index >= 15 is 0 Å². The van der Waals surface area contributed by atoms with Gasteiger partial charge in [-0.25, -0.2) is 0 Å². The second-order valence-corrected chi connectivity index (χ2v) is 4.69. The first kappa shape index (κ1) is 13.5. The van der Waals surface area contributed by atoms with Gasteiger partial charge in [0.15, 0.2) is 0 Å². The van der Waals surface area contributed by atoms with Crippen LogP contribution in [-0.2, 0) is 20.7 Å². The Morgan fingerprint density at radius 2 is 2.26 bits per heavy atom. The molecule has 0 saturated carbocycles. The summed E-state index contributed by atoms with van der Waals surface area (Å²) in [6.45, 7) is 3.25. The number of primary amides is 1. The number of amides is 2. The first-order chi connectivity index (χ1) is 9.08. The summed E-state index contributed by atoms with van der Waals surface area (Å²) in [6.07, 6.45) is 0.975. The third kappa shape index (κ3) is 3.32. The number of hydrogen-bond acceptors (Lipinski definition) is 3. The van der Waals surface area contributed by atoms with Gasteiger partial charge in [0.1, 0.15) is 6.61 Å². The normalized spacial score (nSPS) is 15.6. The van der Waals surface area contributed by atoms with Crippen LogP contribution in [0.4, 0.5) is 5.69 Å². The second kappa shape index (κ2) is 5.84. The number of aryl methyl sites for hydroxylation is 2. The number of nitrogens with two attached hydrogens (primary N) is 1. The van der Waals surface area contributed by atoms with E-state index in [0.717, 1.165) is 16.8 Å². The average Bonchev–Trinajstić information content (AvgIpc) is 2.38. The SMILES string of the molecule is Cc1cc(CCC(N)=O)ccc1N1CCOCC1=O. The zero-order valence-electron chi connectivity index (χ0n) is 11.0. The monoisotopic (exact) mass is 262 g/mol. The predicted molar refractivity (Wildman–Crippen MR) is 71.9 cm³/mol. The molecule has 2 rings (SSSR count). The number of benzene rings is 1. The van der Waals surface area contributed by atoms with Gasteiger partial charge in [0.25, 0.3) is 5.91 Å². The molecule has 1 aliphatic heterocycles. The minimum Gasteiger partial charge on any atom is -0.370 e. The molecule has 2 N–H and O–H groups in total. The average molecular weight is 262 g/mol. The Hall–Kier alpha value is -1.88. The van der Waals surface area contributed by atoms with Gasteiger partial charge in [0, 0.05) is 18.7 Å². The fraction of sp³-hybridized carbons (Fsp3) is 0.429. The molecule has 19 heavy (non-hydrogen) atoms. The smallest absolute Gasteiger partial charge is 0.253 e. The zero-order chi connectivity index (χ0) is 13.8. The lowest BCUT2D eigenvalue weighted by Gasteiger charge is -2.28. The van der Waals surface area contributed by atoms with Crippen LogP contribution < -0.4 is 10.6 Å². The minimum atomic E-state index is -0.301. The van der Waals surface area contributed by atoms with Gasteiger partial charge in [-0.2, -0.15) is 0 Å². The van der Waals surface area contributed by atoms with Gasteiger partial charge in [-0.15, -0.1) is 0 Å². The number of morpholine rings is 1. The second-order valence-electron chi connectivity index (χ2n) is 4.69. The Labute approximate surface area is 112 Å². The Balaban J connectivity index is 2.14. The van der Waals surface area contributed by atoms with Crippen LogP contribution in [0.2, 0.25) is 0 Å². The maximum Gasteiger partial charge on any atom is 0.253 e. The summed E-state index contributed by atoms with van der Waals surface area (Å²) >= 11 is 0. The lowest BCUT2D eigenvalue weighted by molar-refractivity contribution is -0.125. The molecule has 1 saturated heterocycles. The molecule has 1 aromatic rings. The highest BCUT2D eigenvalue weighted by Gasteiger charge is 2.21. The first-order valence-corrected chi connectivity index (χ1v) is 6.34. The summed E-state index contributed by atoms with van der Waals surface area (Å²) in [7, 11) is 0. The van der Waals surface area contributed by atoms with Gasteiger partial charge in [0.2, 0.25) is 5.91 Å². The summed E-state index contributed by atoms with van der Waals surface area (Å²) in [6, 6.07) is 5.86. The highest BCUT2D eigenvalue weighted by atomic mass is 16.5. The Bertz CT molecular complexity index is 499. The van der Waals surface area contributed by atoms with E-state index in [4.69, 9.17) is 10.5 Å². The Morgan fingerprint density at radius 1 is 1.47 bits per heavy atom.